The minimum atomic E-state index is -0.898. The average molecular weight is 568 g/mol. The van der Waals surface area contributed by atoms with Crippen LogP contribution < -0.4 is 10.2 Å². The molecular formula is C29H34FN5O4S. The van der Waals surface area contributed by atoms with Crippen molar-refractivity contribution < 1.29 is 23.5 Å². The third kappa shape index (κ3) is 5.61. The molecule has 3 aliphatic rings. The molecule has 1 N–H and O–H groups in total. The van der Waals surface area contributed by atoms with E-state index in [-0.39, 0.29) is 42.2 Å². The van der Waals surface area contributed by atoms with Gasteiger partial charge >= 0.3 is 0 Å². The maximum Gasteiger partial charge on any atom is 0.252 e. The van der Waals surface area contributed by atoms with Gasteiger partial charge in [-0.3, -0.25) is 14.4 Å². The first kappa shape index (κ1) is 28.2. The second-order valence-corrected chi connectivity index (χ2v) is 11.9. The minimum Gasteiger partial charge on any atom is -0.366 e. The second-order valence-electron chi connectivity index (χ2n) is 11.1. The van der Waals surface area contributed by atoms with Gasteiger partial charge in [0.05, 0.1) is 11.6 Å². The zero-order valence-electron chi connectivity index (χ0n) is 22.9. The van der Waals surface area contributed by atoms with E-state index in [1.54, 1.807) is 6.07 Å². The van der Waals surface area contributed by atoms with E-state index in [1.165, 1.54) is 28.4 Å². The molecule has 3 aliphatic heterocycles. The van der Waals surface area contributed by atoms with Gasteiger partial charge in [-0.05, 0) is 37.6 Å². The van der Waals surface area contributed by atoms with Crippen LogP contribution in [0.3, 0.4) is 0 Å². The molecule has 4 atom stereocenters. The van der Waals surface area contributed by atoms with Crippen LogP contribution in [-0.2, 0) is 14.3 Å². The first-order chi connectivity index (χ1) is 19.2. The lowest BCUT2D eigenvalue weighted by Gasteiger charge is -2.32. The Morgan fingerprint density at radius 1 is 1.27 bits per heavy atom. The van der Waals surface area contributed by atoms with E-state index in [0.717, 1.165) is 31.3 Å². The second kappa shape index (κ2) is 11.6. The summed E-state index contributed by atoms with van der Waals surface area (Å²) in [5.41, 5.74) is 0.927. The van der Waals surface area contributed by atoms with Gasteiger partial charge in [-0.2, -0.15) is 0 Å². The highest BCUT2D eigenvalue weighted by Crippen LogP contribution is 2.33. The number of likely N-dealkylation sites (tertiary alicyclic amines) is 1. The first-order valence-electron chi connectivity index (χ1n) is 13.6. The fraction of sp³-hybridized carbons (Fsp3) is 0.517. The van der Waals surface area contributed by atoms with Crippen LogP contribution in [0.1, 0.15) is 30.6 Å². The van der Waals surface area contributed by atoms with Gasteiger partial charge in [0.25, 0.3) is 5.91 Å². The maximum absolute atomic E-state index is 15.2. The van der Waals surface area contributed by atoms with Gasteiger partial charge in [-0.25, -0.2) is 9.37 Å². The number of Topliss-reactive ketones (excluding diaryl/α,β-unsaturated/α-hetero) is 1. The highest BCUT2D eigenvalue weighted by molar-refractivity contribution is 7.14. The molecule has 0 bridgehead atoms. The molecule has 0 saturated carbocycles. The van der Waals surface area contributed by atoms with Crippen molar-refractivity contribution in [3.63, 3.8) is 0 Å². The number of nitrogens with zero attached hydrogens (tertiary/aromatic N) is 4. The predicted octanol–water partition coefficient (Wildman–Crippen LogP) is 2.27. The third-order valence-corrected chi connectivity index (χ3v) is 8.67. The Kier molecular flexibility index (Phi) is 8.21. The molecule has 0 radical (unpaired) electrons. The number of benzene rings is 1. The first-order valence-corrected chi connectivity index (χ1v) is 14.4. The Bertz CT molecular complexity index is 1330. The van der Waals surface area contributed by atoms with Gasteiger partial charge < -0.3 is 24.8 Å². The molecule has 0 aliphatic carbocycles. The normalized spacial score (nSPS) is 23.8. The van der Waals surface area contributed by atoms with E-state index in [9.17, 15) is 14.4 Å². The van der Waals surface area contributed by atoms with Crippen LogP contribution in [0.15, 0.2) is 23.6 Å². The van der Waals surface area contributed by atoms with Crippen molar-refractivity contribution in [2.75, 3.05) is 51.3 Å². The van der Waals surface area contributed by atoms with Crippen molar-refractivity contribution in [2.45, 2.75) is 38.5 Å². The Balaban J connectivity index is 1.30. The molecule has 3 fully saturated rings. The van der Waals surface area contributed by atoms with Crippen LogP contribution in [0, 0.1) is 30.0 Å². The molecule has 40 heavy (non-hydrogen) atoms. The zero-order valence-corrected chi connectivity index (χ0v) is 23.7. The lowest BCUT2D eigenvalue weighted by molar-refractivity contribution is -0.138. The van der Waals surface area contributed by atoms with Gasteiger partial charge in [0.2, 0.25) is 5.91 Å². The predicted molar refractivity (Wildman–Crippen MR) is 150 cm³/mol. The van der Waals surface area contributed by atoms with Crippen LogP contribution in [0.4, 0.5) is 9.52 Å². The lowest BCUT2D eigenvalue weighted by Crippen LogP contribution is -2.52. The van der Waals surface area contributed by atoms with Crippen molar-refractivity contribution >= 4 is 34.1 Å². The van der Waals surface area contributed by atoms with Crippen molar-refractivity contribution in [3.8, 4) is 23.6 Å². The van der Waals surface area contributed by atoms with E-state index in [0.29, 0.717) is 17.7 Å². The Morgan fingerprint density at radius 3 is 2.70 bits per heavy atom. The highest BCUT2D eigenvalue weighted by atomic mass is 32.1. The van der Waals surface area contributed by atoms with E-state index >= 15 is 4.39 Å². The molecule has 9 nitrogen and oxygen atoms in total. The number of rotatable bonds is 7. The van der Waals surface area contributed by atoms with Crippen LogP contribution >= 0.6 is 11.3 Å². The number of hydrogen-bond donors (Lipinski definition) is 1. The Morgan fingerprint density at radius 2 is 2.02 bits per heavy atom. The number of ether oxygens (including phenoxy) is 1. The number of hydrogen-bond acceptors (Lipinski definition) is 8. The molecule has 3 saturated heterocycles. The summed E-state index contributed by atoms with van der Waals surface area (Å²) in [7, 11) is 2.08. The number of piperazine rings is 1. The fourth-order valence-corrected chi connectivity index (χ4v) is 6.44. The summed E-state index contributed by atoms with van der Waals surface area (Å²) in [4.78, 5) is 49.8. The number of ketones is 1. The summed E-state index contributed by atoms with van der Waals surface area (Å²) in [6.45, 7) is 7.60. The minimum absolute atomic E-state index is 0.0740. The topological polar surface area (TPSA) is 95.1 Å². The highest BCUT2D eigenvalue weighted by Gasteiger charge is 2.52. The quantitative estimate of drug-likeness (QED) is 0.513. The Labute approximate surface area is 237 Å². The van der Waals surface area contributed by atoms with Crippen molar-refractivity contribution in [1.82, 2.24) is 20.1 Å². The number of amides is 2. The number of aromatic nitrogens is 1. The van der Waals surface area contributed by atoms with Crippen LogP contribution in [-0.4, -0.2) is 96.9 Å². The summed E-state index contributed by atoms with van der Waals surface area (Å²) in [5, 5.41) is 5.45. The Hall–Kier alpha value is -3.33. The summed E-state index contributed by atoms with van der Waals surface area (Å²) < 4.78 is 20.8. The third-order valence-electron chi connectivity index (χ3n) is 7.77. The van der Waals surface area contributed by atoms with Crippen LogP contribution in [0.2, 0.25) is 0 Å². The number of fused-ring (bicyclic) bond motifs is 1. The molecular weight excluding hydrogens is 533 g/mol. The van der Waals surface area contributed by atoms with Gasteiger partial charge in [-0.1, -0.05) is 19.8 Å². The number of nitrogens with one attached hydrogen (secondary N) is 1. The number of terminal acetylenes is 1. The molecule has 0 unspecified atom stereocenters. The number of halogens is 1. The van der Waals surface area contributed by atoms with Crippen LogP contribution in [0.25, 0.3) is 11.3 Å². The molecule has 4 heterocycles. The molecule has 1 aromatic heterocycles. The SMILES string of the molecule is C#C[C@@H]1CN(C(=O)[C@H](CC(C)C)NC(=O)c2ccc(-c3csc(N4CCN(C)CC4)n3)c(F)c2)[C@@H]2C(=O)CO[C@H]12. The molecule has 1 aromatic carbocycles. The van der Waals surface area contributed by atoms with E-state index < -0.39 is 29.9 Å². The molecule has 2 amide bonds. The van der Waals surface area contributed by atoms with E-state index in [4.69, 9.17) is 11.2 Å². The van der Waals surface area contributed by atoms with Crippen molar-refractivity contribution in [1.29, 1.82) is 0 Å². The van der Waals surface area contributed by atoms with E-state index in [2.05, 4.69) is 33.1 Å². The van der Waals surface area contributed by atoms with Gasteiger partial charge in [0, 0.05) is 49.2 Å². The number of likely N-dealkylation sites (N-methyl/N-ethyl adjacent to an activating group) is 1. The van der Waals surface area contributed by atoms with Gasteiger partial charge in [0.15, 0.2) is 10.9 Å². The molecule has 2 aromatic rings. The number of carbonyl (C=O) groups is 3. The lowest BCUT2D eigenvalue weighted by atomic mass is 10.0. The van der Waals surface area contributed by atoms with Gasteiger partial charge in [-0.15, -0.1) is 17.8 Å². The average Bonchev–Trinajstić information content (AvgIpc) is 3.65. The summed E-state index contributed by atoms with van der Waals surface area (Å²) in [6.07, 6.45) is 5.45. The summed E-state index contributed by atoms with van der Waals surface area (Å²) >= 11 is 1.47. The molecule has 212 valence electrons. The van der Waals surface area contributed by atoms with Crippen molar-refractivity contribution in [3.05, 3.63) is 35.0 Å². The number of anilines is 1. The standard InChI is InChI=1S/C29H34FN5O4S/c1-5-18-14-35(25-24(36)15-39-26(18)25)28(38)22(12-17(2)3)31-27(37)19-6-7-20(21(30)13-19)23-16-40-29(32-23)34-10-8-33(4)9-11-34/h1,6-7,13,16-18,22,25-26H,8-12,14-15H2,2-4H3,(H,31,37)/t18-,22+,25-,26-/m1/s1. The van der Waals surface area contributed by atoms with Crippen molar-refractivity contribution in [2.24, 2.45) is 11.8 Å². The fourth-order valence-electron chi connectivity index (χ4n) is 5.56. The smallest absolute Gasteiger partial charge is 0.252 e. The number of thiazole rings is 1. The zero-order chi connectivity index (χ0) is 28.6. The molecule has 5 rings (SSSR count). The van der Waals surface area contributed by atoms with E-state index in [1.807, 2.05) is 19.2 Å². The monoisotopic (exact) mass is 567 g/mol. The van der Waals surface area contributed by atoms with Gasteiger partial charge in [0.1, 0.15) is 30.6 Å². The molecule has 0 spiro atoms. The summed E-state index contributed by atoms with van der Waals surface area (Å²) in [6, 6.07) is 2.61. The van der Waals surface area contributed by atoms with Crippen LogP contribution in [0.5, 0.6) is 0 Å². The summed E-state index contributed by atoms with van der Waals surface area (Å²) in [5.74, 6) is 0.595. The molecule has 11 heteroatoms. The largest absolute Gasteiger partial charge is 0.366 e. The number of carbonyl (C=O) groups excluding carboxylic acids is 3. The maximum atomic E-state index is 15.2.